The van der Waals surface area contributed by atoms with Crippen LogP contribution in [0.25, 0.3) is 21.7 Å². The molecule has 2 heterocycles. The van der Waals surface area contributed by atoms with Crippen molar-refractivity contribution in [3.05, 3.63) is 65.2 Å². The topological polar surface area (TPSA) is 12.9 Å². The van der Waals surface area contributed by atoms with Gasteiger partial charge in [0.2, 0.25) is 0 Å². The number of thiophene rings is 1. The Hall–Kier alpha value is -1.93. The van der Waals surface area contributed by atoms with E-state index < -0.39 is 0 Å². The maximum Gasteiger partial charge on any atom is 0.0708 e. The van der Waals surface area contributed by atoms with E-state index in [2.05, 4.69) is 80.5 Å². The molecule has 0 spiro atoms. The Kier molecular flexibility index (Phi) is 6.49. The molecule has 0 saturated heterocycles. The van der Waals surface area contributed by atoms with Crippen LogP contribution in [0.5, 0.6) is 0 Å². The lowest BCUT2D eigenvalue weighted by atomic mass is 9.86. The van der Waals surface area contributed by atoms with Crippen LogP contribution < -0.4 is 0 Å². The van der Waals surface area contributed by atoms with Gasteiger partial charge in [-0.3, -0.25) is 4.98 Å². The Morgan fingerprint density at radius 1 is 0.889 bits per heavy atom. The lowest BCUT2D eigenvalue weighted by molar-refractivity contribution is 0.590. The van der Waals surface area contributed by atoms with Gasteiger partial charge < -0.3 is 0 Å². The van der Waals surface area contributed by atoms with E-state index in [1.54, 1.807) is 0 Å². The number of aryl methyl sites for hydroxylation is 1. The van der Waals surface area contributed by atoms with Gasteiger partial charge in [0.05, 0.1) is 5.69 Å². The number of hydrogen-bond donors (Lipinski definition) is 0. The van der Waals surface area contributed by atoms with Gasteiger partial charge in [0, 0.05) is 16.6 Å². The summed E-state index contributed by atoms with van der Waals surface area (Å²) in [5, 5.41) is 2.22. The van der Waals surface area contributed by atoms with Gasteiger partial charge in [0.25, 0.3) is 0 Å². The number of aromatic nitrogens is 1. The van der Waals surface area contributed by atoms with Crippen molar-refractivity contribution in [2.24, 2.45) is 0 Å². The van der Waals surface area contributed by atoms with E-state index in [0.717, 1.165) is 5.69 Å². The van der Waals surface area contributed by atoms with Crippen molar-refractivity contribution >= 4 is 11.3 Å². The molecule has 0 fully saturated rings. The standard InChI is InChI=1S/C25H31NS/c1-5-6-7-8-9-20-15-17-27-24(20)21-14-16-26-23(18-21)19-10-12-22(13-11-19)25(2,3)4/h10-18H,5-9H2,1-4H3. The highest BCUT2D eigenvalue weighted by molar-refractivity contribution is 7.13. The molecule has 1 aromatic carbocycles. The number of rotatable bonds is 7. The van der Waals surface area contributed by atoms with Crippen LogP contribution >= 0.6 is 11.3 Å². The molecule has 0 N–H and O–H groups in total. The van der Waals surface area contributed by atoms with Crippen LogP contribution in [0.15, 0.2) is 54.0 Å². The molecule has 1 nitrogen and oxygen atoms in total. The Labute approximate surface area is 168 Å². The first-order valence-corrected chi connectivity index (χ1v) is 11.0. The van der Waals surface area contributed by atoms with E-state index in [1.165, 1.54) is 59.2 Å². The van der Waals surface area contributed by atoms with Crippen LogP contribution in [0, 0.1) is 0 Å². The van der Waals surface area contributed by atoms with E-state index in [1.807, 2.05) is 17.5 Å². The van der Waals surface area contributed by atoms with Crippen molar-refractivity contribution in [3.8, 4) is 21.7 Å². The Morgan fingerprint density at radius 3 is 2.37 bits per heavy atom. The first-order chi connectivity index (χ1) is 13.0. The minimum atomic E-state index is 0.178. The summed E-state index contributed by atoms with van der Waals surface area (Å²) in [6.07, 6.45) is 8.36. The third-order valence-electron chi connectivity index (χ3n) is 5.12. The summed E-state index contributed by atoms with van der Waals surface area (Å²) in [5.74, 6) is 0. The molecule has 0 radical (unpaired) electrons. The highest BCUT2D eigenvalue weighted by Crippen LogP contribution is 2.33. The average molecular weight is 378 g/mol. The van der Waals surface area contributed by atoms with Gasteiger partial charge in [0.15, 0.2) is 0 Å². The van der Waals surface area contributed by atoms with Crippen LogP contribution in [-0.2, 0) is 11.8 Å². The molecule has 2 aromatic heterocycles. The van der Waals surface area contributed by atoms with E-state index in [-0.39, 0.29) is 5.41 Å². The van der Waals surface area contributed by atoms with Gasteiger partial charge in [-0.1, -0.05) is 71.2 Å². The molecule has 3 aromatic rings. The third kappa shape index (κ3) is 5.07. The molecular formula is C25H31NS. The quantitative estimate of drug-likeness (QED) is 0.381. The minimum Gasteiger partial charge on any atom is -0.256 e. The molecule has 142 valence electrons. The van der Waals surface area contributed by atoms with Crippen molar-refractivity contribution in [1.82, 2.24) is 4.98 Å². The summed E-state index contributed by atoms with van der Waals surface area (Å²) in [4.78, 5) is 6.04. The Morgan fingerprint density at radius 2 is 1.67 bits per heavy atom. The number of benzene rings is 1. The molecule has 0 aliphatic carbocycles. The summed E-state index contributed by atoms with van der Waals surface area (Å²) in [5.41, 5.74) is 6.55. The van der Waals surface area contributed by atoms with Gasteiger partial charge in [-0.2, -0.15) is 0 Å². The smallest absolute Gasteiger partial charge is 0.0708 e. The fraction of sp³-hybridized carbons (Fsp3) is 0.400. The second-order valence-corrected chi connectivity index (χ2v) is 9.26. The molecule has 3 rings (SSSR count). The molecule has 0 unspecified atom stereocenters. The second-order valence-electron chi connectivity index (χ2n) is 8.34. The van der Waals surface area contributed by atoms with Gasteiger partial charge in [0.1, 0.15) is 0 Å². The number of nitrogens with zero attached hydrogens (tertiary/aromatic N) is 1. The van der Waals surface area contributed by atoms with E-state index in [9.17, 15) is 0 Å². The summed E-state index contributed by atoms with van der Waals surface area (Å²) >= 11 is 1.85. The fourth-order valence-electron chi connectivity index (χ4n) is 3.40. The van der Waals surface area contributed by atoms with Crippen LogP contribution in [0.4, 0.5) is 0 Å². The molecule has 0 bridgehead atoms. The van der Waals surface area contributed by atoms with E-state index >= 15 is 0 Å². The van der Waals surface area contributed by atoms with E-state index in [0.29, 0.717) is 0 Å². The molecule has 0 amide bonds. The zero-order valence-electron chi connectivity index (χ0n) is 17.1. The summed E-state index contributed by atoms with van der Waals surface area (Å²) in [6.45, 7) is 9.02. The molecule has 0 aliphatic rings. The summed E-state index contributed by atoms with van der Waals surface area (Å²) in [6, 6.07) is 15.5. The summed E-state index contributed by atoms with van der Waals surface area (Å²) in [7, 11) is 0. The predicted octanol–water partition coefficient (Wildman–Crippen LogP) is 7.90. The van der Waals surface area contributed by atoms with Crippen molar-refractivity contribution in [3.63, 3.8) is 0 Å². The monoisotopic (exact) mass is 377 g/mol. The highest BCUT2D eigenvalue weighted by Gasteiger charge is 2.14. The number of hydrogen-bond acceptors (Lipinski definition) is 2. The van der Waals surface area contributed by atoms with Crippen LogP contribution in [-0.4, -0.2) is 4.98 Å². The lowest BCUT2D eigenvalue weighted by Gasteiger charge is -2.19. The van der Waals surface area contributed by atoms with Crippen LogP contribution in [0.2, 0.25) is 0 Å². The van der Waals surface area contributed by atoms with Gasteiger partial charge in [-0.25, -0.2) is 0 Å². The number of pyridine rings is 1. The first kappa shape index (κ1) is 19.8. The van der Waals surface area contributed by atoms with Gasteiger partial charge in [-0.15, -0.1) is 11.3 Å². The average Bonchev–Trinajstić information content (AvgIpc) is 3.13. The Balaban J connectivity index is 1.81. The molecule has 0 saturated carbocycles. The second kappa shape index (κ2) is 8.84. The fourth-order valence-corrected chi connectivity index (χ4v) is 4.35. The lowest BCUT2D eigenvalue weighted by Crippen LogP contribution is -2.10. The maximum absolute atomic E-state index is 4.63. The van der Waals surface area contributed by atoms with E-state index in [4.69, 9.17) is 0 Å². The predicted molar refractivity (Wildman–Crippen MR) is 120 cm³/mol. The SMILES string of the molecule is CCCCCCc1ccsc1-c1ccnc(-c2ccc(C(C)(C)C)cc2)c1. The van der Waals surface area contributed by atoms with Crippen molar-refractivity contribution in [1.29, 1.82) is 0 Å². The van der Waals surface area contributed by atoms with Gasteiger partial charge in [-0.05, 0) is 58.5 Å². The first-order valence-electron chi connectivity index (χ1n) is 10.1. The maximum atomic E-state index is 4.63. The van der Waals surface area contributed by atoms with Gasteiger partial charge >= 0.3 is 0 Å². The third-order valence-corrected chi connectivity index (χ3v) is 6.12. The van der Waals surface area contributed by atoms with Crippen LogP contribution in [0.3, 0.4) is 0 Å². The molecule has 2 heteroatoms. The van der Waals surface area contributed by atoms with Crippen molar-refractivity contribution < 1.29 is 0 Å². The zero-order chi connectivity index (χ0) is 19.3. The normalized spacial score (nSPS) is 11.7. The summed E-state index contributed by atoms with van der Waals surface area (Å²) < 4.78 is 0. The molecule has 0 aliphatic heterocycles. The van der Waals surface area contributed by atoms with Crippen molar-refractivity contribution in [2.45, 2.75) is 65.2 Å². The largest absolute Gasteiger partial charge is 0.256 e. The zero-order valence-corrected chi connectivity index (χ0v) is 17.9. The Bertz CT molecular complexity index is 853. The minimum absolute atomic E-state index is 0.178. The molecule has 0 atom stereocenters. The number of unbranched alkanes of at least 4 members (excludes halogenated alkanes) is 3. The molecular weight excluding hydrogens is 346 g/mol. The van der Waals surface area contributed by atoms with Crippen molar-refractivity contribution in [2.75, 3.05) is 0 Å². The highest BCUT2D eigenvalue weighted by atomic mass is 32.1. The molecule has 27 heavy (non-hydrogen) atoms. The van der Waals surface area contributed by atoms with Crippen LogP contribution in [0.1, 0.15) is 64.5 Å².